The van der Waals surface area contributed by atoms with E-state index in [9.17, 15) is 13.0 Å². The highest BCUT2D eigenvalue weighted by Gasteiger charge is 2.03. The van der Waals surface area contributed by atoms with Gasteiger partial charge in [-0.2, -0.15) is 8.78 Å². The minimum Gasteiger partial charge on any atom is -0.289 e. The minimum atomic E-state index is -4.91. The Bertz CT molecular complexity index is 154. The van der Waals surface area contributed by atoms with Crippen molar-refractivity contribution in [1.29, 1.82) is 0 Å². The lowest BCUT2D eigenvalue weighted by Gasteiger charge is -1.83. The topological polar surface area (TPSA) is 57.5 Å². The molecule has 0 aliphatic rings. The van der Waals surface area contributed by atoms with E-state index in [4.69, 9.17) is 9.11 Å². The van der Waals surface area contributed by atoms with Crippen LogP contribution >= 0.6 is 0 Å². The summed E-state index contributed by atoms with van der Waals surface area (Å²) in [4.78, 5) is 0. The van der Waals surface area contributed by atoms with Crippen LogP contribution < -0.4 is 0 Å². The van der Waals surface area contributed by atoms with Crippen molar-refractivity contribution in [2.45, 2.75) is 0 Å². The smallest absolute Gasteiger partial charge is 0.289 e. The van der Waals surface area contributed by atoms with Crippen molar-refractivity contribution in [3.05, 3.63) is 0 Å². The quantitative estimate of drug-likeness (QED) is 0.366. The molecular formula is CH2F2O3S. The molecule has 7 heavy (non-hydrogen) atoms. The van der Waals surface area contributed by atoms with Gasteiger partial charge >= 0.3 is 5.37 Å². The molecule has 0 aromatic carbocycles. The third kappa shape index (κ3) is 2.49. The summed E-state index contributed by atoms with van der Waals surface area (Å²) in [5, 5.41) is -2.87. The molecule has 0 fully saturated rings. The van der Waals surface area contributed by atoms with Gasteiger partial charge in [0.2, 0.25) is 0 Å². The molecule has 0 aliphatic heterocycles. The van der Waals surface area contributed by atoms with Gasteiger partial charge in [-0.05, 0) is 0 Å². The van der Waals surface area contributed by atoms with E-state index in [0.717, 1.165) is 0 Å². The van der Waals surface area contributed by atoms with Crippen LogP contribution in [0.25, 0.3) is 0 Å². The molecule has 0 rings (SSSR count). The molecule has 6 heteroatoms. The fourth-order valence-corrected chi connectivity index (χ4v) is 0. The van der Waals surface area contributed by atoms with Crippen LogP contribution in [0, 0.1) is 0 Å². The third-order valence-electron chi connectivity index (χ3n) is 0.201. The first kappa shape index (κ1) is 6.80. The largest absolute Gasteiger partial charge is 0.372 e. The summed E-state index contributed by atoms with van der Waals surface area (Å²) in [6.45, 7) is 0. The fourth-order valence-electron chi connectivity index (χ4n) is 0. The Hall–Kier alpha value is -0.200. The Labute approximate surface area is 38.6 Å². The molecule has 0 aromatic heterocycles. The van der Waals surface area contributed by atoms with Gasteiger partial charge in [-0.3, -0.25) is 9.11 Å². The Morgan fingerprint density at radius 3 is 1.57 bits per heavy atom. The molecule has 0 radical (unpaired) electrons. The molecule has 2 N–H and O–H groups in total. The summed E-state index contributed by atoms with van der Waals surface area (Å²) in [7, 11) is -4.91. The normalized spacial score (nSPS) is 11.4. The molecule has 0 atom stereocenters. The molecular weight excluding hydrogens is 130 g/mol. The van der Waals surface area contributed by atoms with Gasteiger partial charge in [0.15, 0.2) is 0 Å². The first-order chi connectivity index (χ1) is 2.94. The Morgan fingerprint density at radius 2 is 1.57 bits per heavy atom. The Balaban J connectivity index is 4.67. The van der Waals surface area contributed by atoms with Gasteiger partial charge in [-0.25, -0.2) is 4.21 Å². The minimum absolute atomic E-state index is 2.87. The van der Waals surface area contributed by atoms with Gasteiger partial charge in [-0.15, -0.1) is 0 Å². The van der Waals surface area contributed by atoms with E-state index in [0.29, 0.717) is 0 Å². The summed E-state index contributed by atoms with van der Waals surface area (Å²) in [6, 6.07) is 0. The zero-order valence-electron chi connectivity index (χ0n) is 2.97. The van der Waals surface area contributed by atoms with Crippen molar-refractivity contribution in [2.24, 2.45) is 0 Å². The summed E-state index contributed by atoms with van der Waals surface area (Å²) in [6.07, 6.45) is 0. The highest BCUT2D eigenvalue weighted by Crippen LogP contribution is 1.85. The molecule has 3 nitrogen and oxygen atoms in total. The number of rotatable bonds is 0. The molecule has 0 aliphatic carbocycles. The lowest BCUT2D eigenvalue weighted by Crippen LogP contribution is -2.01. The molecule has 0 heterocycles. The van der Waals surface area contributed by atoms with Gasteiger partial charge in [0.25, 0.3) is 10.1 Å². The van der Waals surface area contributed by atoms with Gasteiger partial charge in [0, 0.05) is 0 Å². The molecule has 0 amide bonds. The highest BCUT2D eigenvalue weighted by molar-refractivity contribution is 7.91. The van der Waals surface area contributed by atoms with Crippen molar-refractivity contribution in [3.8, 4) is 0 Å². The Morgan fingerprint density at radius 1 is 1.43 bits per heavy atom. The average Bonchev–Trinajstić information content (AvgIpc) is 1.31. The van der Waals surface area contributed by atoms with Crippen LogP contribution in [0.3, 0.4) is 0 Å². The third-order valence-corrected chi connectivity index (χ3v) is 0.603. The van der Waals surface area contributed by atoms with Crippen LogP contribution in [0.15, 0.2) is 0 Å². The molecule has 0 bridgehead atoms. The molecule has 0 aromatic rings. The van der Waals surface area contributed by atoms with E-state index in [2.05, 4.69) is 0 Å². The summed E-state index contributed by atoms with van der Waals surface area (Å²) in [5.41, 5.74) is 0. The van der Waals surface area contributed by atoms with Crippen molar-refractivity contribution in [1.82, 2.24) is 0 Å². The number of hydrogen-bond acceptors (Lipinski definition) is 1. The second-order valence-electron chi connectivity index (χ2n) is 0.722. The fraction of sp³-hybridized carbons (Fsp3) is 0. The van der Waals surface area contributed by atoms with Crippen molar-refractivity contribution >= 4 is 15.5 Å². The van der Waals surface area contributed by atoms with Gasteiger partial charge in [0.05, 0.1) is 0 Å². The van der Waals surface area contributed by atoms with E-state index in [1.165, 1.54) is 0 Å². The molecule has 0 saturated heterocycles. The average molecular weight is 132 g/mol. The predicted octanol–water partition coefficient (Wildman–Crippen LogP) is 0.243. The van der Waals surface area contributed by atoms with Crippen LogP contribution in [0.4, 0.5) is 8.78 Å². The van der Waals surface area contributed by atoms with Crippen LogP contribution in [-0.4, -0.2) is 18.7 Å². The summed E-state index contributed by atoms with van der Waals surface area (Å²) in [5.74, 6) is 0. The van der Waals surface area contributed by atoms with Crippen molar-refractivity contribution in [3.63, 3.8) is 0 Å². The van der Waals surface area contributed by atoms with E-state index in [-0.39, 0.29) is 0 Å². The van der Waals surface area contributed by atoms with Crippen molar-refractivity contribution < 1.29 is 22.1 Å². The van der Waals surface area contributed by atoms with Crippen molar-refractivity contribution in [2.75, 3.05) is 0 Å². The molecule has 44 valence electrons. The molecule has 0 unspecified atom stereocenters. The standard InChI is InChI=1S/CH2F2O3S/c2-1(3)7(4,5)6/h(H2,4,5,6). The van der Waals surface area contributed by atoms with Crippen LogP contribution in [0.1, 0.15) is 0 Å². The van der Waals surface area contributed by atoms with Crippen LogP contribution in [-0.2, 0) is 10.1 Å². The SMILES string of the molecule is O=S(O)(O)=C(F)F. The predicted molar refractivity (Wildman–Crippen MR) is 20.6 cm³/mol. The lowest BCUT2D eigenvalue weighted by atomic mass is 11.7. The number of hydrogen-bond donors (Lipinski definition) is 2. The van der Waals surface area contributed by atoms with Gasteiger partial charge in [-0.1, -0.05) is 0 Å². The zero-order chi connectivity index (χ0) is 6.08. The first-order valence-corrected chi connectivity index (χ1v) is 2.59. The first-order valence-electron chi connectivity index (χ1n) is 1.11. The maximum Gasteiger partial charge on any atom is 0.372 e. The summed E-state index contributed by atoms with van der Waals surface area (Å²) >= 11 is 0. The second kappa shape index (κ2) is 1.73. The Kier molecular flexibility index (Phi) is 1.68. The van der Waals surface area contributed by atoms with E-state index in [1.807, 2.05) is 0 Å². The van der Waals surface area contributed by atoms with E-state index >= 15 is 0 Å². The number of halogens is 2. The van der Waals surface area contributed by atoms with Crippen LogP contribution in [0.5, 0.6) is 0 Å². The monoisotopic (exact) mass is 132 g/mol. The second-order valence-corrected chi connectivity index (χ2v) is 2.02. The zero-order valence-corrected chi connectivity index (χ0v) is 3.78. The molecule has 0 spiro atoms. The molecule has 0 saturated carbocycles. The highest BCUT2D eigenvalue weighted by atomic mass is 32.2. The maximum atomic E-state index is 10.7. The maximum absolute atomic E-state index is 10.7. The van der Waals surface area contributed by atoms with Gasteiger partial charge < -0.3 is 0 Å². The lowest BCUT2D eigenvalue weighted by molar-refractivity contribution is 0.437. The van der Waals surface area contributed by atoms with E-state index < -0.39 is 15.5 Å². The van der Waals surface area contributed by atoms with E-state index in [1.54, 1.807) is 0 Å². The summed E-state index contributed by atoms with van der Waals surface area (Å²) < 4.78 is 45.4. The van der Waals surface area contributed by atoms with Gasteiger partial charge in [0.1, 0.15) is 0 Å². The van der Waals surface area contributed by atoms with Crippen LogP contribution in [0.2, 0.25) is 0 Å².